The number of amides is 1. The molecule has 4 heteroatoms. The lowest BCUT2D eigenvalue weighted by Gasteiger charge is -2.23. The minimum atomic E-state index is 0.0508. The van der Waals surface area contributed by atoms with Crippen LogP contribution in [0, 0.1) is 0 Å². The maximum atomic E-state index is 11.9. The number of hydrogen-bond acceptors (Lipinski definition) is 3. The van der Waals surface area contributed by atoms with Crippen molar-refractivity contribution in [1.29, 1.82) is 0 Å². The average molecular weight is 261 g/mol. The normalized spacial score (nSPS) is 20.8. The molecule has 0 spiro atoms. The first-order valence-corrected chi connectivity index (χ1v) is 7.18. The standard InChI is InChI=1S/C15H23N3O/c1-12(13-7-10-16-11-8-13)18-15(19)6-5-14-4-2-3-9-17-14/h7-8,10-12,14,17H,2-6,9H2,1H3,(H,18,19)/t12-,14?/m0/s1. The molecule has 104 valence electrons. The van der Waals surface area contributed by atoms with E-state index < -0.39 is 0 Å². The van der Waals surface area contributed by atoms with Gasteiger partial charge in [0, 0.05) is 24.9 Å². The Bertz CT molecular complexity index is 388. The van der Waals surface area contributed by atoms with Crippen LogP contribution in [-0.4, -0.2) is 23.5 Å². The largest absolute Gasteiger partial charge is 0.350 e. The van der Waals surface area contributed by atoms with E-state index >= 15 is 0 Å². The number of rotatable bonds is 5. The second kappa shape index (κ2) is 7.24. The van der Waals surface area contributed by atoms with Gasteiger partial charge in [0.25, 0.3) is 0 Å². The van der Waals surface area contributed by atoms with Crippen LogP contribution in [0.5, 0.6) is 0 Å². The molecule has 0 radical (unpaired) electrons. The van der Waals surface area contributed by atoms with Crippen LogP contribution in [0.3, 0.4) is 0 Å². The second-order valence-corrected chi connectivity index (χ2v) is 5.26. The molecule has 1 unspecified atom stereocenters. The summed E-state index contributed by atoms with van der Waals surface area (Å²) in [6.07, 6.45) is 8.80. The van der Waals surface area contributed by atoms with E-state index in [1.165, 1.54) is 19.3 Å². The van der Waals surface area contributed by atoms with Crippen LogP contribution in [0.2, 0.25) is 0 Å². The zero-order valence-electron chi connectivity index (χ0n) is 11.6. The molecule has 4 nitrogen and oxygen atoms in total. The Morgan fingerprint density at radius 1 is 1.47 bits per heavy atom. The quantitative estimate of drug-likeness (QED) is 0.854. The van der Waals surface area contributed by atoms with E-state index in [2.05, 4.69) is 15.6 Å². The Morgan fingerprint density at radius 2 is 2.26 bits per heavy atom. The summed E-state index contributed by atoms with van der Waals surface area (Å²) in [4.78, 5) is 15.9. The number of pyridine rings is 1. The minimum absolute atomic E-state index is 0.0508. The Morgan fingerprint density at radius 3 is 2.95 bits per heavy atom. The molecule has 1 aliphatic heterocycles. The van der Waals surface area contributed by atoms with Crippen molar-refractivity contribution >= 4 is 5.91 Å². The minimum Gasteiger partial charge on any atom is -0.350 e. The van der Waals surface area contributed by atoms with Gasteiger partial charge in [0.2, 0.25) is 5.91 Å². The lowest BCUT2D eigenvalue weighted by atomic mass is 10.0. The number of nitrogens with one attached hydrogen (secondary N) is 2. The van der Waals surface area contributed by atoms with Crippen LogP contribution < -0.4 is 10.6 Å². The lowest BCUT2D eigenvalue weighted by molar-refractivity contribution is -0.122. The van der Waals surface area contributed by atoms with Crippen LogP contribution in [-0.2, 0) is 4.79 Å². The van der Waals surface area contributed by atoms with Gasteiger partial charge < -0.3 is 10.6 Å². The fraction of sp³-hybridized carbons (Fsp3) is 0.600. The van der Waals surface area contributed by atoms with Crippen molar-refractivity contribution in [3.05, 3.63) is 30.1 Å². The van der Waals surface area contributed by atoms with Gasteiger partial charge in [-0.2, -0.15) is 0 Å². The first kappa shape index (κ1) is 14.0. The van der Waals surface area contributed by atoms with E-state index in [0.717, 1.165) is 18.5 Å². The first-order valence-electron chi connectivity index (χ1n) is 7.18. The second-order valence-electron chi connectivity index (χ2n) is 5.26. The molecule has 19 heavy (non-hydrogen) atoms. The van der Waals surface area contributed by atoms with Crippen molar-refractivity contribution in [2.24, 2.45) is 0 Å². The van der Waals surface area contributed by atoms with Crippen LogP contribution in [0.15, 0.2) is 24.5 Å². The van der Waals surface area contributed by atoms with Gasteiger partial charge in [-0.05, 0) is 50.4 Å². The molecule has 0 bridgehead atoms. The third-order valence-electron chi connectivity index (χ3n) is 3.72. The molecule has 2 heterocycles. The van der Waals surface area contributed by atoms with E-state index in [0.29, 0.717) is 12.5 Å². The van der Waals surface area contributed by atoms with E-state index in [9.17, 15) is 4.79 Å². The number of carbonyl (C=O) groups excluding carboxylic acids is 1. The molecule has 1 aliphatic rings. The molecule has 2 atom stereocenters. The topological polar surface area (TPSA) is 54.0 Å². The molecular formula is C15H23N3O. The highest BCUT2D eigenvalue weighted by Crippen LogP contribution is 2.13. The van der Waals surface area contributed by atoms with Crippen LogP contribution in [0.1, 0.15) is 50.6 Å². The average Bonchev–Trinajstić information content (AvgIpc) is 2.47. The molecule has 1 fully saturated rings. The Kier molecular flexibility index (Phi) is 5.33. The van der Waals surface area contributed by atoms with Crippen LogP contribution >= 0.6 is 0 Å². The molecule has 2 rings (SSSR count). The number of carbonyl (C=O) groups is 1. The van der Waals surface area contributed by atoms with Gasteiger partial charge in [-0.1, -0.05) is 6.42 Å². The molecule has 0 aromatic carbocycles. The van der Waals surface area contributed by atoms with Gasteiger partial charge in [-0.15, -0.1) is 0 Å². The van der Waals surface area contributed by atoms with Gasteiger partial charge in [0.1, 0.15) is 0 Å². The summed E-state index contributed by atoms with van der Waals surface area (Å²) in [5.74, 6) is 0.136. The number of aromatic nitrogens is 1. The Balaban J connectivity index is 1.71. The fourth-order valence-corrected chi connectivity index (χ4v) is 2.52. The maximum Gasteiger partial charge on any atom is 0.220 e. The van der Waals surface area contributed by atoms with Crippen LogP contribution in [0.25, 0.3) is 0 Å². The highest BCUT2D eigenvalue weighted by Gasteiger charge is 2.15. The summed E-state index contributed by atoms with van der Waals surface area (Å²) in [7, 11) is 0. The molecule has 1 amide bonds. The lowest BCUT2D eigenvalue weighted by Crippen LogP contribution is -2.35. The van der Waals surface area contributed by atoms with Crippen molar-refractivity contribution in [2.45, 2.75) is 51.1 Å². The predicted octanol–water partition coefficient (Wildman–Crippen LogP) is 2.18. The van der Waals surface area contributed by atoms with Crippen LogP contribution in [0.4, 0.5) is 0 Å². The van der Waals surface area contributed by atoms with Crippen molar-refractivity contribution in [3.8, 4) is 0 Å². The van der Waals surface area contributed by atoms with E-state index in [1.54, 1.807) is 12.4 Å². The third kappa shape index (κ3) is 4.63. The summed E-state index contributed by atoms with van der Waals surface area (Å²) >= 11 is 0. The molecular weight excluding hydrogens is 238 g/mol. The molecule has 1 aromatic heterocycles. The summed E-state index contributed by atoms with van der Waals surface area (Å²) in [6.45, 7) is 3.10. The van der Waals surface area contributed by atoms with Gasteiger partial charge in [0.05, 0.1) is 6.04 Å². The molecule has 2 N–H and O–H groups in total. The van der Waals surface area contributed by atoms with Crippen molar-refractivity contribution in [3.63, 3.8) is 0 Å². The SMILES string of the molecule is C[C@H](NC(=O)CCC1CCCCN1)c1ccncc1. The summed E-state index contributed by atoms with van der Waals surface area (Å²) < 4.78 is 0. The van der Waals surface area contributed by atoms with E-state index in [-0.39, 0.29) is 11.9 Å². The zero-order chi connectivity index (χ0) is 13.5. The maximum absolute atomic E-state index is 11.9. The number of piperidine rings is 1. The monoisotopic (exact) mass is 261 g/mol. The van der Waals surface area contributed by atoms with Gasteiger partial charge in [-0.3, -0.25) is 9.78 Å². The predicted molar refractivity (Wildman–Crippen MR) is 75.7 cm³/mol. The van der Waals surface area contributed by atoms with Gasteiger partial charge in [0.15, 0.2) is 0 Å². The van der Waals surface area contributed by atoms with E-state index in [4.69, 9.17) is 0 Å². The van der Waals surface area contributed by atoms with Crippen molar-refractivity contribution in [1.82, 2.24) is 15.6 Å². The Hall–Kier alpha value is -1.42. The molecule has 1 aromatic rings. The number of nitrogens with zero attached hydrogens (tertiary/aromatic N) is 1. The Labute approximate surface area is 115 Å². The molecule has 0 saturated carbocycles. The highest BCUT2D eigenvalue weighted by molar-refractivity contribution is 5.76. The summed E-state index contributed by atoms with van der Waals surface area (Å²) in [6, 6.07) is 4.45. The summed E-state index contributed by atoms with van der Waals surface area (Å²) in [5.41, 5.74) is 1.10. The first-order chi connectivity index (χ1) is 9.25. The molecule has 0 aliphatic carbocycles. The fourth-order valence-electron chi connectivity index (χ4n) is 2.52. The van der Waals surface area contributed by atoms with Crippen molar-refractivity contribution in [2.75, 3.05) is 6.54 Å². The van der Waals surface area contributed by atoms with E-state index in [1.807, 2.05) is 19.1 Å². The van der Waals surface area contributed by atoms with Gasteiger partial charge >= 0.3 is 0 Å². The van der Waals surface area contributed by atoms with Crippen molar-refractivity contribution < 1.29 is 4.79 Å². The van der Waals surface area contributed by atoms with Gasteiger partial charge in [-0.25, -0.2) is 0 Å². The zero-order valence-corrected chi connectivity index (χ0v) is 11.6. The summed E-state index contributed by atoms with van der Waals surface area (Å²) in [5, 5.41) is 6.51. The molecule has 1 saturated heterocycles. The smallest absolute Gasteiger partial charge is 0.220 e. The third-order valence-corrected chi connectivity index (χ3v) is 3.72. The number of hydrogen-bond donors (Lipinski definition) is 2. The highest BCUT2D eigenvalue weighted by atomic mass is 16.1.